The minimum Gasteiger partial charge on any atom is -0.0991 e. The van der Waals surface area contributed by atoms with Crippen LogP contribution in [0.3, 0.4) is 0 Å². The van der Waals surface area contributed by atoms with E-state index in [1.54, 1.807) is 0 Å². The number of allylic oxidation sites excluding steroid dienone is 8. The van der Waals surface area contributed by atoms with Gasteiger partial charge in [0.05, 0.1) is 0 Å². The van der Waals surface area contributed by atoms with E-state index in [4.69, 9.17) is 0 Å². The molecule has 68 valence electrons. The van der Waals surface area contributed by atoms with Crippen LogP contribution in [0.25, 0.3) is 0 Å². The van der Waals surface area contributed by atoms with Gasteiger partial charge in [-0.25, -0.2) is 0 Å². The van der Waals surface area contributed by atoms with Crippen molar-refractivity contribution in [1.29, 1.82) is 0 Å². The fraction of sp³-hybridized carbons (Fsp3) is 0.231. The third kappa shape index (κ3) is 3.29. The molecule has 0 heterocycles. The van der Waals surface area contributed by atoms with Gasteiger partial charge in [0, 0.05) is 0 Å². The topological polar surface area (TPSA) is 0 Å². The first-order chi connectivity index (χ1) is 6.36. The lowest BCUT2D eigenvalue weighted by Gasteiger charge is -2.08. The predicted molar refractivity (Wildman–Crippen MR) is 59.6 cm³/mol. The first-order valence-electron chi connectivity index (χ1n) is 4.65. The summed E-state index contributed by atoms with van der Waals surface area (Å²) in [6.07, 6.45) is 15.6. The van der Waals surface area contributed by atoms with Gasteiger partial charge in [-0.15, -0.1) is 0 Å². The fourth-order valence-electron chi connectivity index (χ4n) is 1.41. The Bertz CT molecular complexity index is 274. The van der Waals surface area contributed by atoms with Gasteiger partial charge in [0.2, 0.25) is 0 Å². The lowest BCUT2D eigenvalue weighted by molar-refractivity contribution is 0.913. The monoisotopic (exact) mass is 172 g/mol. The largest absolute Gasteiger partial charge is 0.0991 e. The van der Waals surface area contributed by atoms with E-state index in [1.165, 1.54) is 24.0 Å². The van der Waals surface area contributed by atoms with Crippen LogP contribution in [0, 0.1) is 0 Å². The van der Waals surface area contributed by atoms with E-state index in [1.807, 2.05) is 18.2 Å². The lowest BCUT2D eigenvalue weighted by Crippen LogP contribution is -1.89. The van der Waals surface area contributed by atoms with Crippen molar-refractivity contribution < 1.29 is 0 Å². The highest BCUT2D eigenvalue weighted by atomic mass is 14.1. The van der Waals surface area contributed by atoms with Crippen LogP contribution < -0.4 is 0 Å². The molecule has 0 amide bonds. The molecular weight excluding hydrogens is 156 g/mol. The van der Waals surface area contributed by atoms with Crippen molar-refractivity contribution in [2.75, 3.05) is 0 Å². The minimum atomic E-state index is 1.01. The Kier molecular flexibility index (Phi) is 4.04. The number of hydrogen-bond acceptors (Lipinski definition) is 0. The van der Waals surface area contributed by atoms with E-state index in [0.29, 0.717) is 0 Å². The van der Waals surface area contributed by atoms with Gasteiger partial charge >= 0.3 is 0 Å². The Morgan fingerprint density at radius 3 is 2.85 bits per heavy atom. The van der Waals surface area contributed by atoms with Crippen LogP contribution in [0.4, 0.5) is 0 Å². The Hall–Kier alpha value is -1.30. The third-order valence-electron chi connectivity index (χ3n) is 2.13. The van der Waals surface area contributed by atoms with Gasteiger partial charge < -0.3 is 0 Å². The van der Waals surface area contributed by atoms with Crippen LogP contribution in [-0.4, -0.2) is 0 Å². The van der Waals surface area contributed by atoms with Gasteiger partial charge in [-0.05, 0) is 24.8 Å². The Balaban J connectivity index is 2.60. The standard InChI is InChI=1S/C13H16/c1-3-8-12(4-2)11-13-9-6-5-7-10-13/h3-6,8-9H,1-2,7,10-11H2/b12-8+. The smallest absolute Gasteiger partial charge is 0.00641 e. The summed E-state index contributed by atoms with van der Waals surface area (Å²) < 4.78 is 0. The zero-order chi connectivity index (χ0) is 9.52. The molecule has 1 aliphatic rings. The molecule has 0 radical (unpaired) electrons. The summed E-state index contributed by atoms with van der Waals surface area (Å²) in [4.78, 5) is 0. The summed E-state index contributed by atoms with van der Waals surface area (Å²) in [6, 6.07) is 0. The van der Waals surface area contributed by atoms with E-state index in [9.17, 15) is 0 Å². The zero-order valence-electron chi connectivity index (χ0n) is 8.00. The van der Waals surface area contributed by atoms with E-state index in [2.05, 4.69) is 31.4 Å². The first-order valence-corrected chi connectivity index (χ1v) is 4.65. The van der Waals surface area contributed by atoms with E-state index in [0.717, 1.165) is 6.42 Å². The molecular formula is C13H16. The first kappa shape index (κ1) is 9.79. The minimum absolute atomic E-state index is 1.01. The van der Waals surface area contributed by atoms with E-state index in [-0.39, 0.29) is 0 Å². The molecule has 0 atom stereocenters. The lowest BCUT2D eigenvalue weighted by atomic mass is 9.97. The molecule has 1 rings (SSSR count). The van der Waals surface area contributed by atoms with Crippen LogP contribution in [-0.2, 0) is 0 Å². The van der Waals surface area contributed by atoms with Crippen molar-refractivity contribution >= 4 is 0 Å². The van der Waals surface area contributed by atoms with Gasteiger partial charge in [-0.2, -0.15) is 0 Å². The Morgan fingerprint density at radius 2 is 2.31 bits per heavy atom. The highest BCUT2D eigenvalue weighted by Crippen LogP contribution is 2.20. The number of hydrogen-bond donors (Lipinski definition) is 0. The van der Waals surface area contributed by atoms with E-state index >= 15 is 0 Å². The van der Waals surface area contributed by atoms with Crippen LogP contribution in [0.2, 0.25) is 0 Å². The Labute approximate surface area is 80.7 Å². The molecule has 0 unspecified atom stereocenters. The molecule has 0 bridgehead atoms. The van der Waals surface area contributed by atoms with Crippen molar-refractivity contribution in [3.63, 3.8) is 0 Å². The molecule has 0 aliphatic heterocycles. The third-order valence-corrected chi connectivity index (χ3v) is 2.13. The normalized spacial score (nSPS) is 16.6. The van der Waals surface area contributed by atoms with Crippen molar-refractivity contribution in [2.24, 2.45) is 0 Å². The second-order valence-electron chi connectivity index (χ2n) is 3.15. The molecule has 13 heavy (non-hydrogen) atoms. The van der Waals surface area contributed by atoms with Gasteiger partial charge in [0.1, 0.15) is 0 Å². The summed E-state index contributed by atoms with van der Waals surface area (Å²) in [5.41, 5.74) is 2.73. The van der Waals surface area contributed by atoms with Gasteiger partial charge in [-0.3, -0.25) is 0 Å². The highest BCUT2D eigenvalue weighted by molar-refractivity contribution is 5.30. The van der Waals surface area contributed by atoms with Crippen LogP contribution >= 0.6 is 0 Å². The second-order valence-corrected chi connectivity index (χ2v) is 3.15. The zero-order valence-corrected chi connectivity index (χ0v) is 8.00. The molecule has 0 aromatic rings. The van der Waals surface area contributed by atoms with Crippen LogP contribution in [0.5, 0.6) is 0 Å². The molecule has 0 saturated carbocycles. The molecule has 0 heteroatoms. The summed E-state index contributed by atoms with van der Waals surface area (Å²) in [5, 5.41) is 0. The summed E-state index contributed by atoms with van der Waals surface area (Å²) in [5.74, 6) is 0. The molecule has 1 aliphatic carbocycles. The number of rotatable bonds is 4. The Morgan fingerprint density at radius 1 is 1.46 bits per heavy atom. The van der Waals surface area contributed by atoms with Gasteiger partial charge in [0.25, 0.3) is 0 Å². The summed E-state index contributed by atoms with van der Waals surface area (Å²) >= 11 is 0. The predicted octanol–water partition coefficient (Wildman–Crippen LogP) is 3.95. The molecule has 0 fully saturated rings. The van der Waals surface area contributed by atoms with Gasteiger partial charge in [0.15, 0.2) is 0 Å². The van der Waals surface area contributed by atoms with E-state index < -0.39 is 0 Å². The summed E-state index contributed by atoms with van der Waals surface area (Å²) in [6.45, 7) is 7.47. The highest BCUT2D eigenvalue weighted by Gasteiger charge is 2.00. The van der Waals surface area contributed by atoms with Gasteiger partial charge in [-0.1, -0.05) is 55.2 Å². The molecule has 0 nitrogen and oxygen atoms in total. The average molecular weight is 172 g/mol. The molecule has 0 spiro atoms. The maximum atomic E-state index is 3.78. The quantitative estimate of drug-likeness (QED) is 0.563. The molecule has 0 aromatic carbocycles. The van der Waals surface area contributed by atoms with Crippen molar-refractivity contribution in [3.8, 4) is 0 Å². The fourth-order valence-corrected chi connectivity index (χ4v) is 1.41. The second kappa shape index (κ2) is 5.36. The van der Waals surface area contributed by atoms with Crippen molar-refractivity contribution in [2.45, 2.75) is 19.3 Å². The van der Waals surface area contributed by atoms with Crippen LogP contribution in [0.15, 0.2) is 60.8 Å². The maximum Gasteiger partial charge on any atom is -0.00641 e. The molecule has 0 N–H and O–H groups in total. The maximum absolute atomic E-state index is 3.78. The van der Waals surface area contributed by atoms with Crippen molar-refractivity contribution in [1.82, 2.24) is 0 Å². The van der Waals surface area contributed by atoms with Crippen LogP contribution in [0.1, 0.15) is 19.3 Å². The summed E-state index contributed by atoms with van der Waals surface area (Å²) in [7, 11) is 0. The molecule has 0 aromatic heterocycles. The average Bonchev–Trinajstić information content (AvgIpc) is 2.19. The SMILES string of the molecule is C=C/C=C(\C=C)CC1=CC=CCC1. The molecule has 0 saturated heterocycles. The van der Waals surface area contributed by atoms with Crippen molar-refractivity contribution in [3.05, 3.63) is 60.8 Å².